The third-order valence-corrected chi connectivity index (χ3v) is 11.1. The zero-order chi connectivity index (χ0) is 37.5. The number of hydrogen-bond donors (Lipinski definition) is 0. The van der Waals surface area contributed by atoms with Crippen LogP contribution in [0.2, 0.25) is 0 Å². The minimum atomic E-state index is 0.565. The first kappa shape index (κ1) is 31.5. The lowest BCUT2D eigenvalue weighted by atomic mass is 10.0. The van der Waals surface area contributed by atoms with Crippen molar-refractivity contribution in [1.82, 2.24) is 19.5 Å². The van der Waals surface area contributed by atoms with Gasteiger partial charge >= 0.3 is 0 Å². The number of benzene rings is 8. The second-order valence-corrected chi connectivity index (χ2v) is 14.4. The molecule has 0 aliphatic rings. The zero-order valence-electron chi connectivity index (χ0n) is 30.4. The van der Waals surface area contributed by atoms with Gasteiger partial charge in [-0.3, -0.25) is 0 Å². The molecule has 0 N–H and O–H groups in total. The number of nitrogens with zero attached hydrogens (tertiary/aromatic N) is 4. The average Bonchev–Trinajstić information content (AvgIpc) is 3.95. The maximum absolute atomic E-state index is 6.63. The van der Waals surface area contributed by atoms with Gasteiger partial charge in [-0.2, -0.15) is 0 Å². The van der Waals surface area contributed by atoms with Crippen molar-refractivity contribution in [3.05, 3.63) is 182 Å². The molecule has 0 bridgehead atoms. The van der Waals surface area contributed by atoms with Crippen molar-refractivity contribution in [3.63, 3.8) is 0 Å². The highest BCUT2D eigenvalue weighted by Gasteiger charge is 2.19. The summed E-state index contributed by atoms with van der Waals surface area (Å²) >= 11 is 0. The SMILES string of the molecule is c1ccc(-c2nc(-c3ccc4c(c3)oc3cc(-c5ccc6c(c5)c5ccccc5n6-c5ccccc5)ccc34)nc(-c3cccc4oc5ccccc5c34)n2)cc1. The first-order valence-corrected chi connectivity index (χ1v) is 19.0. The molecule has 0 aliphatic heterocycles. The van der Waals surface area contributed by atoms with Crippen molar-refractivity contribution in [1.29, 1.82) is 0 Å². The lowest BCUT2D eigenvalue weighted by Crippen LogP contribution is -2.00. The molecular weight excluding hydrogens is 701 g/mol. The molecule has 0 unspecified atom stereocenters. The summed E-state index contributed by atoms with van der Waals surface area (Å²) in [6.45, 7) is 0. The van der Waals surface area contributed by atoms with E-state index < -0.39 is 0 Å². The highest BCUT2D eigenvalue weighted by Crippen LogP contribution is 2.39. The predicted octanol–water partition coefficient (Wildman–Crippen LogP) is 13.4. The van der Waals surface area contributed by atoms with E-state index >= 15 is 0 Å². The van der Waals surface area contributed by atoms with Crippen LogP contribution < -0.4 is 0 Å². The number of hydrogen-bond acceptors (Lipinski definition) is 5. The smallest absolute Gasteiger partial charge is 0.164 e. The summed E-state index contributed by atoms with van der Waals surface area (Å²) < 4.78 is 15.2. The predicted molar refractivity (Wildman–Crippen MR) is 230 cm³/mol. The van der Waals surface area contributed by atoms with E-state index in [0.717, 1.165) is 77.4 Å². The molecule has 8 aromatic carbocycles. The molecule has 57 heavy (non-hydrogen) atoms. The number of para-hydroxylation sites is 3. The molecule has 266 valence electrons. The van der Waals surface area contributed by atoms with Crippen LogP contribution >= 0.6 is 0 Å². The molecule has 0 atom stereocenters. The van der Waals surface area contributed by atoms with Gasteiger partial charge < -0.3 is 13.4 Å². The second-order valence-electron chi connectivity index (χ2n) is 14.4. The van der Waals surface area contributed by atoms with Crippen molar-refractivity contribution in [2.24, 2.45) is 0 Å². The van der Waals surface area contributed by atoms with Crippen molar-refractivity contribution < 1.29 is 8.83 Å². The van der Waals surface area contributed by atoms with Gasteiger partial charge in [0.1, 0.15) is 22.3 Å². The summed E-state index contributed by atoms with van der Waals surface area (Å²) in [7, 11) is 0. The van der Waals surface area contributed by atoms with Crippen LogP contribution in [0.3, 0.4) is 0 Å². The summed E-state index contributed by atoms with van der Waals surface area (Å²) in [6, 6.07) is 62.8. The molecule has 0 saturated heterocycles. The van der Waals surface area contributed by atoms with Gasteiger partial charge in [-0.15, -0.1) is 0 Å². The van der Waals surface area contributed by atoms with E-state index in [1.165, 1.54) is 21.8 Å². The molecule has 0 amide bonds. The maximum atomic E-state index is 6.63. The fraction of sp³-hybridized carbons (Fsp3) is 0. The van der Waals surface area contributed by atoms with Gasteiger partial charge in [-0.1, -0.05) is 115 Å². The molecule has 12 aromatic rings. The first-order chi connectivity index (χ1) is 28.2. The summed E-state index contributed by atoms with van der Waals surface area (Å²) in [6.07, 6.45) is 0. The van der Waals surface area contributed by atoms with Gasteiger partial charge in [0, 0.05) is 54.7 Å². The maximum Gasteiger partial charge on any atom is 0.164 e. The summed E-state index contributed by atoms with van der Waals surface area (Å²) in [4.78, 5) is 15.2. The number of furan rings is 2. The Kier molecular flexibility index (Phi) is 6.83. The van der Waals surface area contributed by atoms with Crippen molar-refractivity contribution in [2.75, 3.05) is 0 Å². The van der Waals surface area contributed by atoms with Crippen LogP contribution in [-0.2, 0) is 0 Å². The summed E-state index contributed by atoms with van der Waals surface area (Å²) in [5, 5.41) is 6.53. The molecular formula is C51H30N4O2. The minimum absolute atomic E-state index is 0.565. The van der Waals surface area contributed by atoms with Crippen LogP contribution in [-0.4, -0.2) is 19.5 Å². The van der Waals surface area contributed by atoms with E-state index in [0.29, 0.717) is 17.5 Å². The molecule has 6 heteroatoms. The molecule has 0 saturated carbocycles. The standard InChI is InChI=1S/C51H30N4O2/c1-3-12-31(13-4-1)49-52-50(54-51(53-49)40-18-11-21-45-48(40)39-17-8-10-20-44(39)56-45)34-23-26-38-37-25-22-33(29-46(37)57-47(38)30-34)32-24-27-43-41(28-32)36-16-7-9-19-42(36)55(43)35-14-5-2-6-15-35/h1-30H. The van der Waals surface area contributed by atoms with E-state index in [2.05, 4.69) is 120 Å². The average molecular weight is 731 g/mol. The molecule has 0 fully saturated rings. The van der Waals surface area contributed by atoms with Crippen LogP contribution in [0.4, 0.5) is 0 Å². The Bertz CT molecular complexity index is 3530. The van der Waals surface area contributed by atoms with Crippen molar-refractivity contribution in [2.45, 2.75) is 0 Å². The third kappa shape index (κ3) is 5.01. The lowest BCUT2D eigenvalue weighted by molar-refractivity contribution is 0.668. The van der Waals surface area contributed by atoms with E-state index in [9.17, 15) is 0 Å². The normalized spacial score (nSPS) is 11.9. The molecule has 0 spiro atoms. The van der Waals surface area contributed by atoms with Crippen LogP contribution in [0.1, 0.15) is 0 Å². The lowest BCUT2D eigenvalue weighted by Gasteiger charge is -2.09. The minimum Gasteiger partial charge on any atom is -0.456 e. The fourth-order valence-corrected chi connectivity index (χ4v) is 8.41. The first-order valence-electron chi connectivity index (χ1n) is 19.0. The Hall–Kier alpha value is -7.83. The fourth-order valence-electron chi connectivity index (χ4n) is 8.41. The van der Waals surface area contributed by atoms with Crippen LogP contribution in [0, 0.1) is 0 Å². The topological polar surface area (TPSA) is 69.9 Å². The largest absolute Gasteiger partial charge is 0.456 e. The van der Waals surface area contributed by atoms with Gasteiger partial charge in [0.2, 0.25) is 0 Å². The van der Waals surface area contributed by atoms with Gasteiger partial charge in [0.15, 0.2) is 17.5 Å². The Morgan fingerprint density at radius 3 is 1.74 bits per heavy atom. The molecule has 6 nitrogen and oxygen atoms in total. The summed E-state index contributed by atoms with van der Waals surface area (Å²) in [5.74, 6) is 1.74. The molecule has 4 heterocycles. The highest BCUT2D eigenvalue weighted by molar-refractivity contribution is 6.13. The van der Waals surface area contributed by atoms with Crippen LogP contribution in [0.15, 0.2) is 191 Å². The van der Waals surface area contributed by atoms with Gasteiger partial charge in [0.05, 0.1) is 11.0 Å². The van der Waals surface area contributed by atoms with Gasteiger partial charge in [0.25, 0.3) is 0 Å². The van der Waals surface area contributed by atoms with E-state index in [1.54, 1.807) is 0 Å². The van der Waals surface area contributed by atoms with Crippen LogP contribution in [0.25, 0.3) is 117 Å². The Morgan fingerprint density at radius 2 is 0.912 bits per heavy atom. The molecule has 0 aliphatic carbocycles. The number of aromatic nitrogens is 4. The van der Waals surface area contributed by atoms with Crippen molar-refractivity contribution in [3.8, 4) is 51.0 Å². The van der Waals surface area contributed by atoms with Crippen LogP contribution in [0.5, 0.6) is 0 Å². The molecule has 4 aromatic heterocycles. The molecule has 12 rings (SSSR count). The number of rotatable bonds is 5. The Morgan fingerprint density at radius 1 is 0.333 bits per heavy atom. The molecule has 0 radical (unpaired) electrons. The zero-order valence-corrected chi connectivity index (χ0v) is 30.4. The Labute approximate surface area is 325 Å². The van der Waals surface area contributed by atoms with Crippen molar-refractivity contribution >= 4 is 65.7 Å². The quantitative estimate of drug-likeness (QED) is 0.176. The van der Waals surface area contributed by atoms with E-state index in [4.69, 9.17) is 23.8 Å². The van der Waals surface area contributed by atoms with Gasteiger partial charge in [-0.05, 0) is 77.9 Å². The second kappa shape index (κ2) is 12.3. The van der Waals surface area contributed by atoms with E-state index in [-0.39, 0.29) is 0 Å². The third-order valence-electron chi connectivity index (χ3n) is 11.1. The highest BCUT2D eigenvalue weighted by atomic mass is 16.3. The Balaban J connectivity index is 0.978. The van der Waals surface area contributed by atoms with E-state index in [1.807, 2.05) is 66.7 Å². The monoisotopic (exact) mass is 730 g/mol. The summed E-state index contributed by atoms with van der Waals surface area (Å²) in [5.41, 5.74) is 11.6. The number of fused-ring (bicyclic) bond motifs is 9. The van der Waals surface area contributed by atoms with Gasteiger partial charge in [-0.25, -0.2) is 15.0 Å².